The molecule has 0 spiro atoms. The normalized spacial score (nSPS) is 10.4. The molecule has 0 radical (unpaired) electrons. The first-order chi connectivity index (χ1) is 10.1. The quantitative estimate of drug-likeness (QED) is 0.824. The molecule has 1 amide bonds. The minimum Gasteiger partial charge on any atom is -0.347 e. The lowest BCUT2D eigenvalue weighted by molar-refractivity contribution is -0.118. The van der Waals surface area contributed by atoms with Crippen LogP contribution in [0.2, 0.25) is 5.02 Å². The molecule has 0 aliphatic heterocycles. The van der Waals surface area contributed by atoms with Crippen LogP contribution in [0.15, 0.2) is 43.2 Å². The van der Waals surface area contributed by atoms with Crippen molar-refractivity contribution in [1.29, 1.82) is 0 Å². The fourth-order valence-electron chi connectivity index (χ4n) is 2.03. The molecular formula is C16H18ClN3O. The molecule has 1 heterocycles. The molecule has 2 aromatic rings. The summed E-state index contributed by atoms with van der Waals surface area (Å²) in [6, 6.07) is 5.64. The fourth-order valence-corrected chi connectivity index (χ4v) is 2.25. The van der Waals surface area contributed by atoms with Gasteiger partial charge in [-0.05, 0) is 31.0 Å². The Balaban J connectivity index is 2.32. The van der Waals surface area contributed by atoms with Crippen molar-refractivity contribution in [2.24, 2.45) is 0 Å². The molecule has 0 atom stereocenters. The molecule has 21 heavy (non-hydrogen) atoms. The Morgan fingerprint density at radius 2 is 2.33 bits per heavy atom. The van der Waals surface area contributed by atoms with Gasteiger partial charge >= 0.3 is 0 Å². The summed E-state index contributed by atoms with van der Waals surface area (Å²) in [4.78, 5) is 21.3. The van der Waals surface area contributed by atoms with E-state index in [-0.39, 0.29) is 5.91 Å². The van der Waals surface area contributed by atoms with Crippen molar-refractivity contribution < 1.29 is 4.79 Å². The third-order valence-corrected chi connectivity index (χ3v) is 3.44. The van der Waals surface area contributed by atoms with Gasteiger partial charge in [0.15, 0.2) is 0 Å². The predicted molar refractivity (Wildman–Crippen MR) is 85.4 cm³/mol. The van der Waals surface area contributed by atoms with Crippen LogP contribution in [-0.2, 0) is 11.3 Å². The van der Waals surface area contributed by atoms with Crippen LogP contribution in [0.3, 0.4) is 0 Å². The Kier molecular flexibility index (Phi) is 5.17. The van der Waals surface area contributed by atoms with Crippen molar-refractivity contribution in [1.82, 2.24) is 9.97 Å². The van der Waals surface area contributed by atoms with Crippen LogP contribution < -0.4 is 4.90 Å². The highest BCUT2D eigenvalue weighted by molar-refractivity contribution is 6.33. The zero-order valence-corrected chi connectivity index (χ0v) is 12.7. The molecule has 0 aliphatic carbocycles. The zero-order valence-electron chi connectivity index (χ0n) is 12.0. The molecule has 0 saturated heterocycles. The number of carbonyl (C=O) groups excluding carboxylic acids is 1. The Hall–Kier alpha value is -2.07. The molecule has 1 N–H and O–H groups in total. The number of nitrogens with zero attached hydrogens (tertiary/aromatic N) is 2. The summed E-state index contributed by atoms with van der Waals surface area (Å²) < 4.78 is 0. The number of anilines is 1. The van der Waals surface area contributed by atoms with Crippen LogP contribution in [0.25, 0.3) is 0 Å². The number of carbonyl (C=O) groups is 1. The number of aromatic nitrogens is 2. The number of H-pyrrole nitrogens is 1. The maximum atomic E-state index is 12.5. The predicted octanol–water partition coefficient (Wildman–Crippen LogP) is 3.87. The minimum absolute atomic E-state index is 0.00111. The summed E-state index contributed by atoms with van der Waals surface area (Å²) in [6.45, 7) is 6.00. The van der Waals surface area contributed by atoms with Gasteiger partial charge in [-0.15, -0.1) is 6.58 Å². The Labute approximate surface area is 129 Å². The van der Waals surface area contributed by atoms with E-state index in [9.17, 15) is 4.79 Å². The highest BCUT2D eigenvalue weighted by Crippen LogP contribution is 2.28. The van der Waals surface area contributed by atoms with Gasteiger partial charge in [-0.25, -0.2) is 4.98 Å². The first-order valence-corrected chi connectivity index (χ1v) is 7.15. The van der Waals surface area contributed by atoms with Crippen LogP contribution >= 0.6 is 11.6 Å². The van der Waals surface area contributed by atoms with E-state index in [0.29, 0.717) is 30.1 Å². The fraction of sp³-hybridized carbons (Fsp3) is 0.250. The molecule has 110 valence electrons. The summed E-state index contributed by atoms with van der Waals surface area (Å²) >= 11 is 6.26. The molecule has 0 unspecified atom stereocenters. The van der Waals surface area contributed by atoms with Gasteiger partial charge in [-0.3, -0.25) is 4.79 Å². The SMILES string of the molecule is C=CCCC(=O)N(Cc1ncc[nH]1)c1cc(C)ccc1Cl. The molecule has 5 heteroatoms. The smallest absolute Gasteiger partial charge is 0.227 e. The maximum Gasteiger partial charge on any atom is 0.227 e. The lowest BCUT2D eigenvalue weighted by Crippen LogP contribution is -2.31. The Morgan fingerprint density at radius 3 is 3.00 bits per heavy atom. The van der Waals surface area contributed by atoms with E-state index in [2.05, 4.69) is 16.5 Å². The number of nitrogens with one attached hydrogen (secondary N) is 1. The van der Waals surface area contributed by atoms with Gasteiger partial charge in [0.25, 0.3) is 0 Å². The second kappa shape index (κ2) is 7.09. The van der Waals surface area contributed by atoms with Crippen molar-refractivity contribution in [3.8, 4) is 0 Å². The second-order valence-corrected chi connectivity index (χ2v) is 5.21. The average Bonchev–Trinajstić information content (AvgIpc) is 2.98. The summed E-state index contributed by atoms with van der Waals surface area (Å²) in [5.74, 6) is 0.721. The minimum atomic E-state index is -0.00111. The van der Waals surface area contributed by atoms with Gasteiger partial charge in [0, 0.05) is 18.8 Å². The van der Waals surface area contributed by atoms with Gasteiger partial charge in [0.1, 0.15) is 5.82 Å². The van der Waals surface area contributed by atoms with Gasteiger partial charge in [-0.1, -0.05) is 23.7 Å². The van der Waals surface area contributed by atoms with Crippen LogP contribution in [0.4, 0.5) is 5.69 Å². The average molecular weight is 304 g/mol. The van der Waals surface area contributed by atoms with Gasteiger partial charge in [-0.2, -0.15) is 0 Å². The standard InChI is InChI=1S/C16H18ClN3O/c1-3-4-5-16(21)20(11-15-18-8-9-19-15)14-10-12(2)6-7-13(14)17/h3,6-10H,1,4-5,11H2,2H3,(H,18,19). The second-order valence-electron chi connectivity index (χ2n) is 4.80. The van der Waals surface area contributed by atoms with Crippen molar-refractivity contribution in [3.63, 3.8) is 0 Å². The highest BCUT2D eigenvalue weighted by atomic mass is 35.5. The largest absolute Gasteiger partial charge is 0.347 e. The monoisotopic (exact) mass is 303 g/mol. The molecule has 4 nitrogen and oxygen atoms in total. The lowest BCUT2D eigenvalue weighted by Gasteiger charge is -2.23. The van der Waals surface area contributed by atoms with Crippen molar-refractivity contribution >= 4 is 23.2 Å². The van der Waals surface area contributed by atoms with E-state index in [1.54, 1.807) is 23.4 Å². The number of aryl methyl sites for hydroxylation is 1. The van der Waals surface area contributed by atoms with Crippen LogP contribution in [0.5, 0.6) is 0 Å². The van der Waals surface area contributed by atoms with Gasteiger partial charge in [0.05, 0.1) is 17.3 Å². The molecule has 1 aromatic heterocycles. The Bertz CT molecular complexity index is 622. The van der Waals surface area contributed by atoms with E-state index in [1.165, 1.54) is 0 Å². The highest BCUT2D eigenvalue weighted by Gasteiger charge is 2.19. The molecule has 0 saturated carbocycles. The number of hydrogen-bond donors (Lipinski definition) is 1. The van der Waals surface area contributed by atoms with Gasteiger partial charge in [0.2, 0.25) is 5.91 Å². The first kappa shape index (κ1) is 15.3. The third kappa shape index (κ3) is 3.95. The summed E-state index contributed by atoms with van der Waals surface area (Å²) in [6.07, 6.45) is 6.17. The van der Waals surface area contributed by atoms with Crippen molar-refractivity contribution in [2.45, 2.75) is 26.3 Å². The number of amides is 1. The van der Waals surface area contributed by atoms with E-state index in [1.807, 2.05) is 25.1 Å². The van der Waals surface area contributed by atoms with E-state index in [4.69, 9.17) is 11.6 Å². The number of imidazole rings is 1. The van der Waals surface area contributed by atoms with Crippen LogP contribution in [0, 0.1) is 6.92 Å². The molecule has 2 rings (SSSR count). The topological polar surface area (TPSA) is 49.0 Å². The van der Waals surface area contributed by atoms with Crippen molar-refractivity contribution in [3.05, 3.63) is 59.7 Å². The number of halogens is 1. The number of allylic oxidation sites excluding steroid dienone is 1. The molecular weight excluding hydrogens is 286 g/mol. The summed E-state index contributed by atoms with van der Waals surface area (Å²) in [5, 5.41) is 0.555. The molecule has 1 aromatic carbocycles. The number of hydrogen-bond acceptors (Lipinski definition) is 2. The third-order valence-electron chi connectivity index (χ3n) is 3.12. The van der Waals surface area contributed by atoms with E-state index < -0.39 is 0 Å². The number of rotatable bonds is 6. The van der Waals surface area contributed by atoms with E-state index in [0.717, 1.165) is 11.4 Å². The number of aromatic amines is 1. The summed E-state index contributed by atoms with van der Waals surface area (Å²) in [5.41, 5.74) is 1.76. The van der Waals surface area contributed by atoms with E-state index >= 15 is 0 Å². The number of benzene rings is 1. The Morgan fingerprint density at radius 1 is 1.52 bits per heavy atom. The lowest BCUT2D eigenvalue weighted by atomic mass is 10.2. The molecule has 0 bridgehead atoms. The molecule has 0 fully saturated rings. The molecule has 0 aliphatic rings. The van der Waals surface area contributed by atoms with Crippen molar-refractivity contribution in [2.75, 3.05) is 4.90 Å². The zero-order chi connectivity index (χ0) is 15.2. The first-order valence-electron chi connectivity index (χ1n) is 6.77. The van der Waals surface area contributed by atoms with Crippen LogP contribution in [-0.4, -0.2) is 15.9 Å². The maximum absolute atomic E-state index is 12.5. The summed E-state index contributed by atoms with van der Waals surface area (Å²) in [7, 11) is 0. The van der Waals surface area contributed by atoms with Crippen LogP contribution in [0.1, 0.15) is 24.2 Å². The van der Waals surface area contributed by atoms with Gasteiger partial charge < -0.3 is 9.88 Å².